The van der Waals surface area contributed by atoms with E-state index in [0.717, 1.165) is 16.3 Å². The van der Waals surface area contributed by atoms with Gasteiger partial charge in [-0.15, -0.1) is 0 Å². The molecule has 2 aliphatic carbocycles. The van der Waals surface area contributed by atoms with Crippen molar-refractivity contribution in [3.63, 3.8) is 0 Å². The number of allylic oxidation sites excluding steroid dienone is 4. The van der Waals surface area contributed by atoms with Crippen LogP contribution < -0.4 is 9.47 Å². The molecule has 41 heavy (non-hydrogen) atoms. The summed E-state index contributed by atoms with van der Waals surface area (Å²) >= 11 is 6.84. The first kappa shape index (κ1) is 27.1. The van der Waals surface area contributed by atoms with Crippen LogP contribution >= 0.6 is 11.6 Å². The normalized spacial score (nSPS) is 17.6. The van der Waals surface area contributed by atoms with Crippen molar-refractivity contribution >= 4 is 39.9 Å². The van der Waals surface area contributed by atoms with Crippen LogP contribution in [0.2, 0.25) is 5.02 Å². The third kappa shape index (κ3) is 4.88. The maximum atomic E-state index is 13.4. The van der Waals surface area contributed by atoms with E-state index in [1.807, 2.05) is 42.5 Å². The van der Waals surface area contributed by atoms with E-state index in [0.29, 0.717) is 83.2 Å². The first-order valence-corrected chi connectivity index (χ1v) is 14.2. The van der Waals surface area contributed by atoms with Crippen LogP contribution in [0.25, 0.3) is 10.8 Å². The molecule has 0 amide bonds. The maximum absolute atomic E-state index is 13.4. The molecular weight excluding hydrogens is 542 g/mol. The van der Waals surface area contributed by atoms with E-state index < -0.39 is 11.9 Å². The van der Waals surface area contributed by atoms with Crippen molar-refractivity contribution in [3.05, 3.63) is 93.3 Å². The molecule has 1 heterocycles. The molecule has 1 aliphatic heterocycles. The van der Waals surface area contributed by atoms with Gasteiger partial charge in [0.05, 0.1) is 12.1 Å². The lowest BCUT2D eigenvalue weighted by Gasteiger charge is -2.43. The van der Waals surface area contributed by atoms with E-state index in [4.69, 9.17) is 21.1 Å². The fourth-order valence-electron chi connectivity index (χ4n) is 6.49. The monoisotopic (exact) mass is 571 g/mol. The van der Waals surface area contributed by atoms with Crippen LogP contribution in [-0.2, 0) is 21.0 Å². The number of ether oxygens (including phenoxy) is 2. The summed E-state index contributed by atoms with van der Waals surface area (Å²) in [5.74, 6) is -0.996. The zero-order chi connectivity index (χ0) is 28.7. The predicted octanol–water partition coefficient (Wildman–Crippen LogP) is 6.58. The average molecular weight is 572 g/mol. The maximum Gasteiger partial charge on any atom is 0.323 e. The van der Waals surface area contributed by atoms with E-state index in [2.05, 4.69) is 0 Å². The van der Waals surface area contributed by atoms with Gasteiger partial charge in [-0.2, -0.15) is 0 Å². The highest BCUT2D eigenvalue weighted by molar-refractivity contribution is 6.32. The molecule has 6 rings (SSSR count). The Hall–Kier alpha value is -4.10. The number of aliphatic carboxylic acids is 1. The molecule has 1 N–H and O–H groups in total. The van der Waals surface area contributed by atoms with Crippen LogP contribution in [-0.4, -0.2) is 41.2 Å². The van der Waals surface area contributed by atoms with Crippen molar-refractivity contribution in [1.29, 1.82) is 0 Å². The van der Waals surface area contributed by atoms with Gasteiger partial charge in [-0.3, -0.25) is 14.4 Å². The largest absolute Gasteiger partial charge is 0.493 e. The molecule has 0 atom stereocenters. The quantitative estimate of drug-likeness (QED) is 0.342. The SMILES string of the molecule is COc1cc(C2C3=C(CCCC3=O)N(CC(=O)O)C3=C2C(=O)CCC3)cc(Cl)c1OCc1cccc2ccccc12. The summed E-state index contributed by atoms with van der Waals surface area (Å²) in [7, 11) is 1.53. The second-order valence-corrected chi connectivity index (χ2v) is 11.1. The number of carboxylic acids is 1. The third-order valence-electron chi connectivity index (χ3n) is 8.22. The second-order valence-electron chi connectivity index (χ2n) is 10.6. The van der Waals surface area contributed by atoms with Crippen molar-refractivity contribution < 1.29 is 29.0 Å². The minimum absolute atomic E-state index is 0.0667. The van der Waals surface area contributed by atoms with Crippen molar-refractivity contribution in [2.45, 2.75) is 51.0 Å². The Morgan fingerprint density at radius 3 is 2.27 bits per heavy atom. The van der Waals surface area contributed by atoms with E-state index in [-0.39, 0.29) is 24.7 Å². The minimum atomic E-state index is -1.00. The Balaban J connectivity index is 1.43. The van der Waals surface area contributed by atoms with Crippen LogP contribution in [0.15, 0.2) is 77.1 Å². The summed E-state index contributed by atoms with van der Waals surface area (Å²) in [6.45, 7) is -0.0120. The highest BCUT2D eigenvalue weighted by Gasteiger charge is 2.44. The van der Waals surface area contributed by atoms with Gasteiger partial charge < -0.3 is 19.5 Å². The molecule has 0 unspecified atom stereocenters. The Kier molecular flexibility index (Phi) is 7.30. The average Bonchev–Trinajstić information content (AvgIpc) is 2.96. The van der Waals surface area contributed by atoms with Gasteiger partial charge in [-0.05, 0) is 59.7 Å². The summed E-state index contributed by atoms with van der Waals surface area (Å²) in [4.78, 5) is 40.4. The van der Waals surface area contributed by atoms with E-state index in [1.54, 1.807) is 17.0 Å². The summed E-state index contributed by atoms with van der Waals surface area (Å²) in [6.07, 6.45) is 3.14. The Labute approximate surface area is 243 Å². The summed E-state index contributed by atoms with van der Waals surface area (Å²) in [6, 6.07) is 17.7. The molecule has 0 saturated carbocycles. The standard InChI is InChI=1S/C33H30ClNO6/c1-40-28-16-21(15-23(34)33(28)41-18-20-9-4-8-19-7-2-3-10-22(19)20)30-31-24(11-5-13-26(31)36)35(17-29(38)39)25-12-6-14-27(37)32(25)30/h2-4,7-10,15-16,30H,5-6,11-14,17-18H2,1H3,(H,38,39). The van der Waals surface area contributed by atoms with Crippen molar-refractivity contribution in [1.82, 2.24) is 4.90 Å². The predicted molar refractivity (Wildman–Crippen MR) is 155 cm³/mol. The Morgan fingerprint density at radius 2 is 1.61 bits per heavy atom. The van der Waals surface area contributed by atoms with Crippen LogP contribution in [0, 0.1) is 0 Å². The fourth-order valence-corrected chi connectivity index (χ4v) is 6.76. The van der Waals surface area contributed by atoms with Gasteiger partial charge in [-0.1, -0.05) is 54.1 Å². The fraction of sp³-hybridized carbons (Fsp3) is 0.303. The summed E-state index contributed by atoms with van der Waals surface area (Å²) < 4.78 is 12.0. The summed E-state index contributed by atoms with van der Waals surface area (Å²) in [5, 5.41) is 12.2. The zero-order valence-electron chi connectivity index (χ0n) is 22.7. The van der Waals surface area contributed by atoms with Gasteiger partial charge in [0.2, 0.25) is 0 Å². The number of rotatable bonds is 7. The first-order chi connectivity index (χ1) is 19.9. The molecule has 210 valence electrons. The van der Waals surface area contributed by atoms with Crippen molar-refractivity contribution in [3.8, 4) is 11.5 Å². The molecule has 3 aliphatic rings. The molecule has 0 fully saturated rings. The number of carbonyl (C=O) groups is 3. The highest BCUT2D eigenvalue weighted by Crippen LogP contribution is 2.51. The molecule has 3 aromatic carbocycles. The molecule has 0 bridgehead atoms. The van der Waals surface area contributed by atoms with Crippen LogP contribution in [0.1, 0.15) is 55.6 Å². The van der Waals surface area contributed by atoms with Gasteiger partial charge in [-0.25, -0.2) is 0 Å². The lowest BCUT2D eigenvalue weighted by Crippen LogP contribution is -2.41. The topological polar surface area (TPSA) is 93.1 Å². The molecule has 0 spiro atoms. The second kappa shape index (κ2) is 11.1. The van der Waals surface area contributed by atoms with E-state index in [1.165, 1.54) is 7.11 Å². The minimum Gasteiger partial charge on any atom is -0.493 e. The van der Waals surface area contributed by atoms with Crippen molar-refractivity contribution in [2.75, 3.05) is 13.7 Å². The molecule has 7 nitrogen and oxygen atoms in total. The summed E-state index contributed by atoms with van der Waals surface area (Å²) in [5.41, 5.74) is 4.05. The molecular formula is C33H30ClNO6. The number of methoxy groups -OCH3 is 1. The molecule has 3 aromatic rings. The van der Waals surface area contributed by atoms with Crippen LogP contribution in [0.5, 0.6) is 11.5 Å². The lowest BCUT2D eigenvalue weighted by molar-refractivity contribution is -0.138. The number of benzene rings is 3. The number of ketones is 2. The Morgan fingerprint density at radius 1 is 0.951 bits per heavy atom. The molecule has 0 aromatic heterocycles. The number of carbonyl (C=O) groups excluding carboxylic acids is 2. The number of halogens is 1. The van der Waals surface area contributed by atoms with Crippen LogP contribution in [0.4, 0.5) is 0 Å². The van der Waals surface area contributed by atoms with E-state index in [9.17, 15) is 19.5 Å². The number of nitrogens with zero attached hydrogens (tertiary/aromatic N) is 1. The highest BCUT2D eigenvalue weighted by atomic mass is 35.5. The molecule has 0 saturated heterocycles. The number of hydrogen-bond acceptors (Lipinski definition) is 6. The Bertz CT molecular complexity index is 1610. The number of hydrogen-bond donors (Lipinski definition) is 1. The zero-order valence-corrected chi connectivity index (χ0v) is 23.5. The molecule has 8 heteroatoms. The number of Topliss-reactive ketones (excluding diaryl/α,β-unsaturated/α-hetero) is 2. The third-order valence-corrected chi connectivity index (χ3v) is 8.50. The van der Waals surface area contributed by atoms with Gasteiger partial charge >= 0.3 is 5.97 Å². The van der Waals surface area contributed by atoms with Gasteiger partial charge in [0.15, 0.2) is 23.1 Å². The molecule has 0 radical (unpaired) electrons. The lowest BCUT2D eigenvalue weighted by atomic mass is 9.71. The van der Waals surface area contributed by atoms with E-state index >= 15 is 0 Å². The van der Waals surface area contributed by atoms with Gasteiger partial charge in [0, 0.05) is 41.3 Å². The van der Waals surface area contributed by atoms with Crippen LogP contribution in [0.3, 0.4) is 0 Å². The smallest absolute Gasteiger partial charge is 0.323 e. The van der Waals surface area contributed by atoms with Gasteiger partial charge in [0.1, 0.15) is 13.2 Å². The van der Waals surface area contributed by atoms with Gasteiger partial charge in [0.25, 0.3) is 0 Å². The van der Waals surface area contributed by atoms with Crippen molar-refractivity contribution in [2.24, 2.45) is 0 Å². The first-order valence-electron chi connectivity index (χ1n) is 13.9. The number of carboxylic acid groups (broad SMARTS) is 1. The number of fused-ring (bicyclic) bond motifs is 1.